The summed E-state index contributed by atoms with van der Waals surface area (Å²) in [6.07, 6.45) is 4.90. The molecule has 0 bridgehead atoms. The van der Waals surface area contributed by atoms with Crippen LogP contribution < -0.4 is 4.90 Å². The fourth-order valence-corrected chi connectivity index (χ4v) is 4.70. The monoisotopic (exact) mass is 389 g/mol. The van der Waals surface area contributed by atoms with Crippen LogP contribution in [0, 0.1) is 0 Å². The van der Waals surface area contributed by atoms with Gasteiger partial charge in [0.1, 0.15) is 16.5 Å². The molecule has 0 N–H and O–H groups in total. The summed E-state index contributed by atoms with van der Waals surface area (Å²) < 4.78 is 2.33. The first-order chi connectivity index (χ1) is 13.8. The van der Waals surface area contributed by atoms with Crippen LogP contribution in [-0.4, -0.2) is 26.1 Å². The van der Waals surface area contributed by atoms with Crippen molar-refractivity contribution < 1.29 is 0 Å². The highest BCUT2D eigenvalue weighted by Gasteiger charge is 2.24. The number of benzene rings is 1. The molecule has 0 aliphatic carbocycles. The topological polar surface area (TPSA) is 46.8 Å². The molecule has 1 aromatic carbocycles. The predicted molar refractivity (Wildman–Crippen MR) is 114 cm³/mol. The number of hydrogen-bond donors (Lipinski definition) is 0. The van der Waals surface area contributed by atoms with E-state index in [1.165, 1.54) is 17.0 Å². The van der Waals surface area contributed by atoms with E-state index in [1.807, 2.05) is 6.33 Å². The molecule has 6 heteroatoms. The lowest BCUT2D eigenvalue weighted by Gasteiger charge is -2.29. The highest BCUT2D eigenvalue weighted by atomic mass is 32.1. The van der Waals surface area contributed by atoms with Gasteiger partial charge in [0.15, 0.2) is 0 Å². The first-order valence-corrected chi connectivity index (χ1v) is 10.8. The lowest BCUT2D eigenvalue weighted by molar-refractivity contribution is 0.622. The van der Waals surface area contributed by atoms with E-state index in [1.54, 1.807) is 11.3 Å². The Morgan fingerprint density at radius 3 is 2.86 bits per heavy atom. The summed E-state index contributed by atoms with van der Waals surface area (Å²) in [6.45, 7) is 4.88. The van der Waals surface area contributed by atoms with E-state index in [0.717, 1.165) is 60.8 Å². The van der Waals surface area contributed by atoms with Gasteiger partial charge in [-0.05, 0) is 23.4 Å². The van der Waals surface area contributed by atoms with Gasteiger partial charge in [-0.2, -0.15) is 0 Å². The number of imidazole rings is 1. The largest absolute Gasteiger partial charge is 0.350 e. The molecule has 0 saturated carbocycles. The van der Waals surface area contributed by atoms with Gasteiger partial charge in [0.2, 0.25) is 0 Å². The molecule has 1 aliphatic rings. The molecule has 5 rings (SSSR count). The second-order valence-corrected chi connectivity index (χ2v) is 8.09. The van der Waals surface area contributed by atoms with Gasteiger partial charge in [-0.25, -0.2) is 15.0 Å². The van der Waals surface area contributed by atoms with Gasteiger partial charge in [-0.1, -0.05) is 37.3 Å². The predicted octanol–water partition coefficient (Wildman–Crippen LogP) is 4.26. The number of rotatable bonds is 5. The first-order valence-electron chi connectivity index (χ1n) is 9.87. The lowest BCUT2D eigenvalue weighted by atomic mass is 10.1. The molecular weight excluding hydrogens is 366 g/mol. The Kier molecular flexibility index (Phi) is 4.56. The van der Waals surface area contributed by atoms with Crippen molar-refractivity contribution in [2.75, 3.05) is 11.4 Å². The lowest BCUT2D eigenvalue weighted by Crippen LogP contribution is -2.32. The van der Waals surface area contributed by atoms with Gasteiger partial charge < -0.3 is 9.47 Å². The Labute approximate surface area is 168 Å². The zero-order chi connectivity index (χ0) is 18.9. The first kappa shape index (κ1) is 17.4. The van der Waals surface area contributed by atoms with Crippen molar-refractivity contribution in [3.8, 4) is 0 Å². The molecular formula is C22H23N5S. The number of hydrogen-bond acceptors (Lipinski definition) is 5. The van der Waals surface area contributed by atoms with Crippen molar-refractivity contribution in [1.82, 2.24) is 19.5 Å². The van der Waals surface area contributed by atoms with Gasteiger partial charge >= 0.3 is 0 Å². The molecule has 0 saturated heterocycles. The quantitative estimate of drug-likeness (QED) is 0.512. The number of anilines is 1. The normalized spacial score (nSPS) is 13.8. The van der Waals surface area contributed by atoms with Crippen LogP contribution in [0.15, 0.2) is 48.1 Å². The number of fused-ring (bicyclic) bond motifs is 2. The number of nitrogens with zero attached hydrogens (tertiary/aromatic N) is 5. The molecule has 142 valence electrons. The van der Waals surface area contributed by atoms with Crippen molar-refractivity contribution in [2.45, 2.75) is 39.3 Å². The van der Waals surface area contributed by atoms with Crippen molar-refractivity contribution >= 4 is 27.4 Å². The van der Waals surface area contributed by atoms with Gasteiger partial charge in [-0.15, -0.1) is 11.3 Å². The molecule has 0 spiro atoms. The van der Waals surface area contributed by atoms with Crippen LogP contribution in [0.2, 0.25) is 0 Å². The Bertz CT molecular complexity index is 1100. The van der Waals surface area contributed by atoms with E-state index in [0.29, 0.717) is 0 Å². The van der Waals surface area contributed by atoms with E-state index >= 15 is 0 Å². The Hall–Kier alpha value is -2.73. The van der Waals surface area contributed by atoms with E-state index in [-0.39, 0.29) is 0 Å². The van der Waals surface area contributed by atoms with Crippen LogP contribution in [0.4, 0.5) is 5.82 Å². The molecule has 0 fully saturated rings. The molecule has 0 atom stereocenters. The summed E-state index contributed by atoms with van der Waals surface area (Å²) in [5.41, 5.74) is 3.92. The fraction of sp³-hybridized carbons (Fsp3) is 0.318. The standard InChI is InChI=1S/C22H23N5S/c1-2-20-24-21(17-10-13-28-22(17)25-20)26-12-9-19-18(14-26)23-15-27(19)11-8-16-6-4-3-5-7-16/h3-7,10,13,15H,2,8-9,11-12,14H2,1H3. The van der Waals surface area contributed by atoms with Gasteiger partial charge in [0.05, 0.1) is 24.0 Å². The maximum Gasteiger partial charge on any atom is 0.141 e. The highest BCUT2D eigenvalue weighted by molar-refractivity contribution is 7.16. The summed E-state index contributed by atoms with van der Waals surface area (Å²) in [5.74, 6) is 1.98. The van der Waals surface area contributed by atoms with Crippen molar-refractivity contribution in [2.24, 2.45) is 0 Å². The van der Waals surface area contributed by atoms with E-state index in [4.69, 9.17) is 9.97 Å². The molecule has 5 nitrogen and oxygen atoms in total. The minimum absolute atomic E-state index is 0.818. The van der Waals surface area contributed by atoms with Crippen molar-refractivity contribution in [1.29, 1.82) is 0 Å². The minimum Gasteiger partial charge on any atom is -0.350 e. The summed E-state index contributed by atoms with van der Waals surface area (Å²) in [5, 5.41) is 3.27. The van der Waals surface area contributed by atoms with Crippen LogP contribution in [0.1, 0.15) is 29.7 Å². The zero-order valence-corrected chi connectivity index (χ0v) is 16.8. The van der Waals surface area contributed by atoms with Crippen LogP contribution in [0.3, 0.4) is 0 Å². The van der Waals surface area contributed by atoms with E-state index in [9.17, 15) is 0 Å². The molecule has 3 aromatic heterocycles. The summed E-state index contributed by atoms with van der Waals surface area (Å²) in [4.78, 5) is 17.7. The Morgan fingerprint density at radius 1 is 1.11 bits per heavy atom. The fourth-order valence-electron chi connectivity index (χ4n) is 3.92. The van der Waals surface area contributed by atoms with Crippen molar-refractivity contribution in [3.63, 3.8) is 0 Å². The Morgan fingerprint density at radius 2 is 2.00 bits per heavy atom. The summed E-state index contributed by atoms with van der Waals surface area (Å²) in [6, 6.07) is 12.8. The van der Waals surface area contributed by atoms with Gasteiger partial charge in [0.25, 0.3) is 0 Å². The summed E-state index contributed by atoms with van der Waals surface area (Å²) >= 11 is 1.69. The number of aryl methyl sites for hydroxylation is 3. The molecule has 4 aromatic rings. The second-order valence-electron chi connectivity index (χ2n) is 7.19. The molecule has 0 unspecified atom stereocenters. The SMILES string of the molecule is CCc1nc(N2CCc3c(ncn3CCc3ccccc3)C2)c2ccsc2n1. The van der Waals surface area contributed by atoms with Crippen molar-refractivity contribution in [3.05, 3.63) is 70.9 Å². The third-order valence-corrected chi connectivity index (χ3v) is 6.25. The average Bonchev–Trinajstić information content (AvgIpc) is 3.38. The van der Waals surface area contributed by atoms with Crippen LogP contribution in [0.25, 0.3) is 10.2 Å². The zero-order valence-electron chi connectivity index (χ0n) is 16.0. The van der Waals surface area contributed by atoms with E-state index < -0.39 is 0 Å². The minimum atomic E-state index is 0.818. The third kappa shape index (κ3) is 3.18. The number of thiophene rings is 1. The third-order valence-electron chi connectivity index (χ3n) is 5.44. The molecule has 0 radical (unpaired) electrons. The maximum absolute atomic E-state index is 4.86. The van der Waals surface area contributed by atoms with Crippen LogP contribution in [-0.2, 0) is 32.4 Å². The molecule has 0 amide bonds. The van der Waals surface area contributed by atoms with Crippen LogP contribution >= 0.6 is 11.3 Å². The second kappa shape index (κ2) is 7.36. The molecule has 1 aliphatic heterocycles. The van der Waals surface area contributed by atoms with Gasteiger partial charge in [-0.3, -0.25) is 0 Å². The molecule has 4 heterocycles. The van der Waals surface area contributed by atoms with Crippen LogP contribution in [0.5, 0.6) is 0 Å². The average molecular weight is 390 g/mol. The molecule has 28 heavy (non-hydrogen) atoms. The smallest absolute Gasteiger partial charge is 0.141 e. The number of aromatic nitrogens is 4. The maximum atomic E-state index is 4.86. The van der Waals surface area contributed by atoms with E-state index in [2.05, 4.69) is 63.2 Å². The Balaban J connectivity index is 1.38. The highest BCUT2D eigenvalue weighted by Crippen LogP contribution is 2.31. The van der Waals surface area contributed by atoms with Gasteiger partial charge in [0, 0.05) is 31.6 Å². The summed E-state index contributed by atoms with van der Waals surface area (Å²) in [7, 11) is 0.